The van der Waals surface area contributed by atoms with E-state index >= 15 is 0 Å². The number of hydrogen-bond donors (Lipinski definition) is 1. The number of nitrogens with zero attached hydrogens (tertiary/aromatic N) is 2. The predicted octanol–water partition coefficient (Wildman–Crippen LogP) is 4.62. The first-order chi connectivity index (χ1) is 17.3. The van der Waals surface area contributed by atoms with Crippen molar-refractivity contribution < 1.29 is 13.0 Å². The van der Waals surface area contributed by atoms with Crippen LogP contribution in [0.15, 0.2) is 69.3 Å². The molecular weight excluding hydrogens is 533 g/mol. The lowest BCUT2D eigenvalue weighted by atomic mass is 10.1. The molecule has 0 unspecified atom stereocenters. The van der Waals surface area contributed by atoms with Gasteiger partial charge in [-0.15, -0.1) is 22.7 Å². The van der Waals surface area contributed by atoms with Gasteiger partial charge in [0.15, 0.2) is 5.88 Å². The zero-order valence-corrected chi connectivity index (χ0v) is 22.9. The first-order valence-corrected chi connectivity index (χ1v) is 15.5. The maximum atomic E-state index is 13.2. The molecule has 0 aliphatic carbocycles. The second-order valence-electron chi connectivity index (χ2n) is 8.17. The highest BCUT2D eigenvalue weighted by Crippen LogP contribution is 2.45. The van der Waals surface area contributed by atoms with Crippen molar-refractivity contribution in [3.63, 3.8) is 0 Å². The minimum Gasteiger partial charge on any atom is -0.317 e. The number of fused-ring (bicyclic) bond motifs is 2. The van der Waals surface area contributed by atoms with Gasteiger partial charge in [-0.2, -0.15) is 8.42 Å². The van der Waals surface area contributed by atoms with Crippen molar-refractivity contribution in [1.82, 2.24) is 4.57 Å². The number of thiazole rings is 1. The Morgan fingerprint density at radius 3 is 2.50 bits per heavy atom. The van der Waals surface area contributed by atoms with Gasteiger partial charge in [-0.1, -0.05) is 49.0 Å². The topological polar surface area (TPSA) is 79.6 Å². The van der Waals surface area contributed by atoms with Crippen molar-refractivity contribution in [3.05, 3.63) is 89.6 Å². The van der Waals surface area contributed by atoms with Crippen LogP contribution in [-0.2, 0) is 23.1 Å². The lowest BCUT2D eigenvalue weighted by molar-refractivity contribution is 0.483. The first kappa shape index (κ1) is 25.0. The Kier molecular flexibility index (Phi) is 6.97. The van der Waals surface area contributed by atoms with Gasteiger partial charge in [0.1, 0.15) is 0 Å². The molecule has 6 nitrogen and oxygen atoms in total. The highest BCUT2D eigenvalue weighted by atomic mass is 32.2. The van der Waals surface area contributed by atoms with E-state index in [0.717, 1.165) is 20.9 Å². The lowest BCUT2D eigenvalue weighted by Gasteiger charge is -2.17. The van der Waals surface area contributed by atoms with Gasteiger partial charge in [-0.3, -0.25) is 13.9 Å². The first-order valence-electron chi connectivity index (χ1n) is 11.4. The number of aromatic nitrogens is 1. The number of aryl methyl sites for hydroxylation is 1. The average molecular weight is 557 g/mol. The van der Waals surface area contributed by atoms with Gasteiger partial charge in [-0.25, -0.2) is 0 Å². The fourth-order valence-electron chi connectivity index (χ4n) is 4.29. The molecule has 1 N–H and O–H groups in total. The molecule has 2 aromatic heterocycles. The summed E-state index contributed by atoms with van der Waals surface area (Å²) in [6, 6.07) is 15.8. The summed E-state index contributed by atoms with van der Waals surface area (Å²) in [7, 11) is -4.24. The number of rotatable bonds is 6. The smallest absolute Gasteiger partial charge is 0.283 e. The molecule has 0 atom stereocenters. The van der Waals surface area contributed by atoms with Crippen molar-refractivity contribution in [2.75, 3.05) is 10.8 Å². The van der Waals surface area contributed by atoms with Crippen molar-refractivity contribution >= 4 is 72.5 Å². The van der Waals surface area contributed by atoms with Crippen LogP contribution >= 0.6 is 34.4 Å². The Hall–Kier alpha value is -2.63. The van der Waals surface area contributed by atoms with E-state index in [0.29, 0.717) is 21.8 Å². The molecule has 1 aliphatic heterocycles. The van der Waals surface area contributed by atoms with Crippen LogP contribution in [0.2, 0.25) is 0 Å². The van der Waals surface area contributed by atoms with Gasteiger partial charge in [-0.05, 0) is 60.7 Å². The summed E-state index contributed by atoms with van der Waals surface area (Å²) in [5, 5.41) is 1.89. The Balaban J connectivity index is 1.61. The minimum absolute atomic E-state index is 0.0772. The summed E-state index contributed by atoms with van der Waals surface area (Å²) in [4.78, 5) is 16.8. The number of thioether (sulfide) groups is 1. The zero-order valence-electron chi connectivity index (χ0n) is 19.7. The molecule has 36 heavy (non-hydrogen) atoms. The standard InChI is InChI=1S/C26H24N2O4S4/c1-3-17-18-9-5-7-11-20(18)33-23(17)15-25-27(4-2)26(29)22(35-25)13-14-24-28(16-36(30,31)32)19-10-6-8-12-21(19)34-24/h5-15H,3-4,16H2,1-2H3,(H,30,31,32)/b22-13+,24-14-,25-15?. The van der Waals surface area contributed by atoms with Crippen LogP contribution in [0.1, 0.15) is 24.3 Å². The molecular formula is C26H24N2O4S4. The van der Waals surface area contributed by atoms with E-state index in [9.17, 15) is 17.8 Å². The normalized spacial score (nSPS) is 16.0. The number of benzene rings is 2. The minimum atomic E-state index is -4.24. The average Bonchev–Trinajstić information content (AvgIpc) is 3.47. The number of allylic oxidation sites excluding steroid dienone is 1. The van der Waals surface area contributed by atoms with Crippen LogP contribution < -0.4 is 19.7 Å². The van der Waals surface area contributed by atoms with Crippen LogP contribution in [0.3, 0.4) is 0 Å². The molecule has 0 spiro atoms. The zero-order chi connectivity index (χ0) is 25.4. The summed E-state index contributed by atoms with van der Waals surface area (Å²) in [6.45, 7) is 4.65. The van der Waals surface area contributed by atoms with Crippen molar-refractivity contribution in [2.45, 2.75) is 31.7 Å². The van der Waals surface area contributed by atoms with E-state index in [1.807, 2.05) is 37.3 Å². The quantitative estimate of drug-likeness (QED) is 0.350. The molecule has 1 aliphatic rings. The third-order valence-electron chi connectivity index (χ3n) is 5.90. The SMILES string of the molecule is CCc1c(C=c2s/c(=C/C=C3\Sc4ccccc4N3CS(=O)(=O)O)c(=O)n2CC)sc2ccccc12. The van der Waals surface area contributed by atoms with Gasteiger partial charge < -0.3 is 4.90 Å². The summed E-state index contributed by atoms with van der Waals surface area (Å²) < 4.78 is 37.3. The number of thiophene rings is 1. The van der Waals surface area contributed by atoms with Crippen molar-refractivity contribution in [3.8, 4) is 0 Å². The lowest BCUT2D eigenvalue weighted by Crippen LogP contribution is -2.30. The van der Waals surface area contributed by atoms with Crippen LogP contribution in [0, 0.1) is 0 Å². The van der Waals surface area contributed by atoms with Crippen LogP contribution in [-0.4, -0.2) is 23.4 Å². The highest BCUT2D eigenvalue weighted by Gasteiger charge is 2.27. The summed E-state index contributed by atoms with van der Waals surface area (Å²) in [6.07, 6.45) is 6.51. The van der Waals surface area contributed by atoms with Gasteiger partial charge >= 0.3 is 0 Å². The van der Waals surface area contributed by atoms with E-state index in [1.54, 1.807) is 33.0 Å². The Bertz CT molecular complexity index is 1780. The van der Waals surface area contributed by atoms with E-state index in [4.69, 9.17) is 0 Å². The molecule has 0 amide bonds. The van der Waals surface area contributed by atoms with Gasteiger partial charge in [0.05, 0.1) is 19.9 Å². The molecule has 5 rings (SSSR count). The predicted molar refractivity (Wildman–Crippen MR) is 152 cm³/mol. The summed E-state index contributed by atoms with van der Waals surface area (Å²) >= 11 is 4.56. The third kappa shape index (κ3) is 4.83. The maximum absolute atomic E-state index is 13.2. The fraction of sp³-hybridized carbons (Fsp3) is 0.192. The number of para-hydroxylation sites is 1. The number of hydrogen-bond acceptors (Lipinski definition) is 7. The van der Waals surface area contributed by atoms with Crippen molar-refractivity contribution in [2.24, 2.45) is 0 Å². The van der Waals surface area contributed by atoms with Crippen LogP contribution in [0.25, 0.3) is 22.2 Å². The van der Waals surface area contributed by atoms with Gasteiger partial charge in [0.25, 0.3) is 15.7 Å². The van der Waals surface area contributed by atoms with E-state index < -0.39 is 16.0 Å². The molecule has 2 aromatic carbocycles. The summed E-state index contributed by atoms with van der Waals surface area (Å²) in [5.74, 6) is -0.551. The van der Waals surface area contributed by atoms with Gasteiger partial charge in [0.2, 0.25) is 0 Å². The summed E-state index contributed by atoms with van der Waals surface area (Å²) in [5.41, 5.74) is 1.92. The van der Waals surface area contributed by atoms with Gasteiger partial charge in [0, 0.05) is 21.0 Å². The highest BCUT2D eigenvalue weighted by molar-refractivity contribution is 8.03. The molecule has 4 aromatic rings. The van der Waals surface area contributed by atoms with Crippen molar-refractivity contribution in [1.29, 1.82) is 0 Å². The monoisotopic (exact) mass is 556 g/mol. The Morgan fingerprint density at radius 1 is 1.00 bits per heavy atom. The molecule has 0 saturated carbocycles. The van der Waals surface area contributed by atoms with Crippen LogP contribution in [0.5, 0.6) is 0 Å². The largest absolute Gasteiger partial charge is 0.317 e. The van der Waals surface area contributed by atoms with Crippen LogP contribution in [0.4, 0.5) is 5.69 Å². The molecule has 0 fully saturated rings. The molecule has 10 heteroatoms. The Morgan fingerprint density at radius 2 is 1.75 bits per heavy atom. The second-order valence-corrected chi connectivity index (χ2v) is 12.8. The van der Waals surface area contributed by atoms with E-state index in [2.05, 4.69) is 31.2 Å². The molecule has 186 valence electrons. The number of anilines is 1. The fourth-order valence-corrected chi connectivity index (χ4v) is 8.40. The van der Waals surface area contributed by atoms with E-state index in [1.165, 1.54) is 38.7 Å². The molecule has 0 saturated heterocycles. The van der Waals surface area contributed by atoms with E-state index in [-0.39, 0.29) is 5.56 Å². The maximum Gasteiger partial charge on any atom is 0.283 e. The molecule has 3 heterocycles. The Labute approximate surface area is 221 Å². The molecule has 0 bridgehead atoms. The third-order valence-corrected chi connectivity index (χ3v) is 9.85. The second kappa shape index (κ2) is 10.0. The molecule has 0 radical (unpaired) electrons.